The van der Waals surface area contributed by atoms with Gasteiger partial charge in [0.2, 0.25) is 0 Å². The molecule has 26 heavy (non-hydrogen) atoms. The van der Waals surface area contributed by atoms with Crippen LogP contribution in [0.3, 0.4) is 0 Å². The van der Waals surface area contributed by atoms with Crippen LogP contribution in [-0.4, -0.2) is 21.6 Å². The minimum Gasteiger partial charge on any atom is -0.461 e. The molecule has 1 aliphatic carbocycles. The lowest BCUT2D eigenvalue weighted by Gasteiger charge is -2.33. The van der Waals surface area contributed by atoms with Gasteiger partial charge in [0.1, 0.15) is 11.4 Å². The zero-order chi connectivity index (χ0) is 19.1. The molecule has 0 aliphatic heterocycles. The fourth-order valence-electron chi connectivity index (χ4n) is 3.54. The summed E-state index contributed by atoms with van der Waals surface area (Å²) in [5.74, 6) is 0.232. The Morgan fingerprint density at radius 3 is 2.85 bits per heavy atom. The number of fused-ring (bicyclic) bond motifs is 3. The van der Waals surface area contributed by atoms with Crippen LogP contribution in [0.25, 0.3) is 10.2 Å². The van der Waals surface area contributed by atoms with Gasteiger partial charge in [-0.2, -0.15) is 0 Å². The Hall–Kier alpha value is -1.69. The summed E-state index contributed by atoms with van der Waals surface area (Å²) in [6.07, 6.45) is 5.10. The van der Waals surface area contributed by atoms with E-state index in [0.717, 1.165) is 36.1 Å². The molecule has 0 N–H and O–H groups in total. The second-order valence-electron chi connectivity index (χ2n) is 8.38. The van der Waals surface area contributed by atoms with Crippen molar-refractivity contribution in [2.75, 3.05) is 0 Å². The lowest BCUT2D eigenvalue weighted by atomic mass is 9.72. The fraction of sp³-hybridized carbons (Fsp3) is 0.650. The molecule has 0 saturated heterocycles. The number of nitrogens with zero attached hydrogens (tertiary/aromatic N) is 2. The summed E-state index contributed by atoms with van der Waals surface area (Å²) in [4.78, 5) is 31.5. The minimum absolute atomic E-state index is 0.0820. The molecule has 5 nitrogen and oxygen atoms in total. The third-order valence-corrected chi connectivity index (χ3v) is 6.63. The van der Waals surface area contributed by atoms with Crippen molar-refractivity contribution in [3.05, 3.63) is 27.1 Å². The molecule has 0 aromatic carbocycles. The average Bonchev–Trinajstić information content (AvgIpc) is 2.94. The summed E-state index contributed by atoms with van der Waals surface area (Å²) in [7, 11) is 0. The van der Waals surface area contributed by atoms with Crippen molar-refractivity contribution < 1.29 is 9.53 Å². The van der Waals surface area contributed by atoms with Gasteiger partial charge >= 0.3 is 5.97 Å². The van der Waals surface area contributed by atoms with E-state index in [0.29, 0.717) is 11.3 Å². The second-order valence-corrected chi connectivity index (χ2v) is 9.46. The van der Waals surface area contributed by atoms with E-state index in [2.05, 4.69) is 25.8 Å². The number of thiophene rings is 1. The van der Waals surface area contributed by atoms with Crippen molar-refractivity contribution in [3.63, 3.8) is 0 Å². The monoisotopic (exact) mass is 376 g/mol. The van der Waals surface area contributed by atoms with Gasteiger partial charge in [-0.15, -0.1) is 11.3 Å². The van der Waals surface area contributed by atoms with Crippen molar-refractivity contribution in [3.8, 4) is 0 Å². The molecule has 0 fully saturated rings. The normalized spacial score (nSPS) is 18.6. The molecule has 2 heterocycles. The smallest absolute Gasteiger partial charge is 0.326 e. The number of rotatable bonds is 4. The van der Waals surface area contributed by atoms with E-state index in [1.807, 2.05) is 13.8 Å². The molecule has 1 aliphatic rings. The van der Waals surface area contributed by atoms with Gasteiger partial charge in [-0.25, -0.2) is 4.98 Å². The molecule has 2 aromatic heterocycles. The molecule has 6 heteroatoms. The summed E-state index contributed by atoms with van der Waals surface area (Å²) in [5, 5.41) is 0.705. The Morgan fingerprint density at radius 1 is 1.46 bits per heavy atom. The number of ether oxygens (including phenoxy) is 1. The summed E-state index contributed by atoms with van der Waals surface area (Å²) < 4.78 is 6.68. The molecule has 2 atom stereocenters. The van der Waals surface area contributed by atoms with Gasteiger partial charge < -0.3 is 4.74 Å². The summed E-state index contributed by atoms with van der Waals surface area (Å²) in [6.45, 7) is 10.6. The summed E-state index contributed by atoms with van der Waals surface area (Å²) in [6, 6.07) is 0. The first-order chi connectivity index (χ1) is 12.2. The lowest BCUT2D eigenvalue weighted by Crippen LogP contribution is -2.28. The maximum atomic E-state index is 13.0. The highest BCUT2D eigenvalue weighted by atomic mass is 32.1. The van der Waals surface area contributed by atoms with Crippen LogP contribution in [0.2, 0.25) is 0 Å². The number of esters is 1. The van der Waals surface area contributed by atoms with Crippen LogP contribution in [0.15, 0.2) is 11.1 Å². The summed E-state index contributed by atoms with van der Waals surface area (Å²) >= 11 is 1.63. The zero-order valence-corrected chi connectivity index (χ0v) is 17.1. The minimum atomic E-state index is -0.389. The second kappa shape index (κ2) is 7.14. The average molecular weight is 377 g/mol. The molecule has 0 bridgehead atoms. The van der Waals surface area contributed by atoms with Crippen LogP contribution in [0.5, 0.6) is 0 Å². The molecular formula is C20H28N2O3S. The fourth-order valence-corrected chi connectivity index (χ4v) is 4.79. The topological polar surface area (TPSA) is 61.2 Å². The molecule has 142 valence electrons. The molecule has 2 unspecified atom stereocenters. The number of carbonyl (C=O) groups excluding carboxylic acids is 1. The molecule has 0 saturated carbocycles. The number of carbonyl (C=O) groups is 1. The van der Waals surface area contributed by atoms with Crippen LogP contribution in [-0.2, 0) is 28.9 Å². The number of aromatic nitrogens is 2. The first-order valence-corrected chi connectivity index (χ1v) is 10.2. The molecule has 2 aromatic rings. The van der Waals surface area contributed by atoms with Gasteiger partial charge in [-0.1, -0.05) is 27.7 Å². The van der Waals surface area contributed by atoms with Crippen molar-refractivity contribution in [2.24, 2.45) is 11.3 Å². The van der Waals surface area contributed by atoms with Crippen molar-refractivity contribution in [1.29, 1.82) is 0 Å². The molecular weight excluding hydrogens is 348 g/mol. The number of aryl methyl sites for hydroxylation is 1. The van der Waals surface area contributed by atoms with E-state index in [4.69, 9.17) is 4.74 Å². The Kier molecular flexibility index (Phi) is 5.24. The SMILES string of the molecule is CCC(C)OC(=O)Cn1cnc2sc3c(c2c1=O)CCC(C(C)(C)C)C3. The molecule has 0 spiro atoms. The third-order valence-electron chi connectivity index (χ3n) is 5.47. The highest BCUT2D eigenvalue weighted by Gasteiger charge is 2.31. The predicted octanol–water partition coefficient (Wildman–Crippen LogP) is 3.95. The standard InChI is InChI=1S/C20H28N2O3S/c1-6-12(2)25-16(23)10-22-11-21-18-17(19(22)24)14-8-7-13(20(3,4)5)9-15(14)26-18/h11-13H,6-10H2,1-5H3. The Bertz CT molecular complexity index is 876. The van der Waals surface area contributed by atoms with E-state index in [1.54, 1.807) is 11.3 Å². The highest BCUT2D eigenvalue weighted by Crippen LogP contribution is 2.41. The van der Waals surface area contributed by atoms with E-state index in [9.17, 15) is 9.59 Å². The highest BCUT2D eigenvalue weighted by molar-refractivity contribution is 7.18. The molecule has 0 radical (unpaired) electrons. The van der Waals surface area contributed by atoms with Crippen LogP contribution in [0, 0.1) is 11.3 Å². The third kappa shape index (κ3) is 3.70. The van der Waals surface area contributed by atoms with Crippen molar-refractivity contribution in [1.82, 2.24) is 9.55 Å². The Balaban J connectivity index is 1.91. The van der Waals surface area contributed by atoms with Crippen LogP contribution in [0.1, 0.15) is 57.9 Å². The van der Waals surface area contributed by atoms with Crippen molar-refractivity contribution in [2.45, 2.75) is 73.0 Å². The van der Waals surface area contributed by atoms with Gasteiger partial charge in [0, 0.05) is 4.88 Å². The van der Waals surface area contributed by atoms with E-state index >= 15 is 0 Å². The quantitative estimate of drug-likeness (QED) is 0.758. The molecule has 0 amide bonds. The van der Waals surface area contributed by atoms with Crippen LogP contribution < -0.4 is 5.56 Å². The first kappa shape index (κ1) is 19.1. The Labute approximate surface area is 158 Å². The zero-order valence-electron chi connectivity index (χ0n) is 16.3. The molecule has 3 rings (SSSR count). The maximum Gasteiger partial charge on any atom is 0.326 e. The van der Waals surface area contributed by atoms with Gasteiger partial charge in [-0.3, -0.25) is 14.2 Å². The summed E-state index contributed by atoms with van der Waals surface area (Å²) in [5.41, 5.74) is 1.29. The van der Waals surface area contributed by atoms with Gasteiger partial charge in [0.05, 0.1) is 17.8 Å². The maximum absolute atomic E-state index is 13.0. The van der Waals surface area contributed by atoms with Crippen LogP contribution >= 0.6 is 11.3 Å². The van der Waals surface area contributed by atoms with Gasteiger partial charge in [0.25, 0.3) is 5.56 Å². The first-order valence-electron chi connectivity index (χ1n) is 9.39. The van der Waals surface area contributed by atoms with Crippen LogP contribution in [0.4, 0.5) is 0 Å². The predicted molar refractivity (Wildman–Crippen MR) is 105 cm³/mol. The van der Waals surface area contributed by atoms with E-state index in [-0.39, 0.29) is 29.6 Å². The number of hydrogen-bond acceptors (Lipinski definition) is 5. The lowest BCUT2D eigenvalue weighted by molar-refractivity contribution is -0.149. The Morgan fingerprint density at radius 2 is 2.19 bits per heavy atom. The largest absolute Gasteiger partial charge is 0.461 e. The van der Waals surface area contributed by atoms with Crippen molar-refractivity contribution >= 4 is 27.5 Å². The van der Waals surface area contributed by atoms with Gasteiger partial charge in [-0.05, 0) is 49.5 Å². The number of hydrogen-bond donors (Lipinski definition) is 0. The van der Waals surface area contributed by atoms with Gasteiger partial charge in [0.15, 0.2) is 0 Å². The van der Waals surface area contributed by atoms with E-state index < -0.39 is 0 Å². The van der Waals surface area contributed by atoms with E-state index in [1.165, 1.54) is 15.8 Å².